The molecule has 1 aromatic heterocycles. The van der Waals surface area contributed by atoms with Crippen LogP contribution in [-0.2, 0) is 9.59 Å². The average molecular weight is 221 g/mol. The first-order valence-corrected chi connectivity index (χ1v) is 4.77. The summed E-state index contributed by atoms with van der Waals surface area (Å²) in [6.07, 6.45) is 2.02. The Balaban J connectivity index is 0.000000673. The summed E-state index contributed by atoms with van der Waals surface area (Å²) < 4.78 is 13.0. The molecule has 0 spiro atoms. The smallest absolute Gasteiger partial charge is 0.242 e. The summed E-state index contributed by atoms with van der Waals surface area (Å²) in [5.74, 6) is 5.25. The quantitative estimate of drug-likeness (QED) is 0.682. The second kappa shape index (κ2) is 8.34. The first-order valence-electron chi connectivity index (χ1n) is 4.77. The van der Waals surface area contributed by atoms with Crippen LogP contribution in [0.5, 0.6) is 0 Å². The average Bonchev–Trinajstić information content (AvgIpc) is 2.25. The van der Waals surface area contributed by atoms with E-state index in [0.29, 0.717) is 0 Å². The van der Waals surface area contributed by atoms with E-state index in [4.69, 9.17) is 9.59 Å². The van der Waals surface area contributed by atoms with E-state index in [9.17, 15) is 4.39 Å². The molecular formula is C12H12FNO2. The zero-order valence-electron chi connectivity index (χ0n) is 9.21. The van der Waals surface area contributed by atoms with Gasteiger partial charge in [0.2, 0.25) is 0 Å². The zero-order chi connectivity index (χ0) is 12.4. The molecular weight excluding hydrogens is 209 g/mol. The van der Waals surface area contributed by atoms with Crippen LogP contribution in [0.3, 0.4) is 0 Å². The number of carbonyl (C=O) groups excluding carboxylic acids is 2. The Bertz CT molecular complexity index is 426. The minimum atomic E-state index is -0.339. The lowest BCUT2D eigenvalue weighted by Crippen LogP contribution is -1.91. The number of aryl methyl sites for hydroxylation is 1. The fraction of sp³-hybridized carbons (Fsp3) is 0.333. The summed E-state index contributed by atoms with van der Waals surface area (Å²) in [7, 11) is 0. The van der Waals surface area contributed by atoms with Gasteiger partial charge in [0.05, 0.1) is 0 Å². The van der Waals surface area contributed by atoms with Crippen molar-refractivity contribution < 1.29 is 14.0 Å². The monoisotopic (exact) mass is 221 g/mol. The number of rotatable bonds is 1. The van der Waals surface area contributed by atoms with Crippen molar-refractivity contribution in [2.45, 2.75) is 26.7 Å². The lowest BCUT2D eigenvalue weighted by Gasteiger charge is -1.94. The molecule has 0 saturated carbocycles. The van der Waals surface area contributed by atoms with Crippen molar-refractivity contribution in [1.82, 2.24) is 4.98 Å². The van der Waals surface area contributed by atoms with Gasteiger partial charge in [0, 0.05) is 12.1 Å². The Labute approximate surface area is 93.7 Å². The molecule has 0 amide bonds. The predicted octanol–water partition coefficient (Wildman–Crippen LogP) is 2.10. The standard InChI is InChI=1S/C11H12FN.CO2/c1-3-4-5-6-11-10(12)8-7-9(2)13-11;2-1-3/h7-8H,3-4H2,1-2H3;. The summed E-state index contributed by atoms with van der Waals surface area (Å²) in [4.78, 5) is 20.2. The van der Waals surface area contributed by atoms with Crippen LogP contribution < -0.4 is 0 Å². The van der Waals surface area contributed by atoms with E-state index in [0.717, 1.165) is 18.5 Å². The Hall–Kier alpha value is -1.98. The SMILES string of the molecule is CCCC#Cc1nc(C)ccc1F.O=C=O. The summed E-state index contributed by atoms with van der Waals surface area (Å²) in [5, 5.41) is 0. The van der Waals surface area contributed by atoms with Gasteiger partial charge in [-0.2, -0.15) is 9.59 Å². The van der Waals surface area contributed by atoms with Crippen molar-refractivity contribution in [3.05, 3.63) is 29.3 Å². The molecule has 0 aliphatic heterocycles. The predicted molar refractivity (Wildman–Crippen MR) is 55.7 cm³/mol. The molecule has 0 bridgehead atoms. The fourth-order valence-corrected chi connectivity index (χ4v) is 0.899. The molecule has 0 aliphatic rings. The van der Waals surface area contributed by atoms with Crippen LogP contribution in [0.4, 0.5) is 4.39 Å². The highest BCUT2D eigenvalue weighted by molar-refractivity contribution is 5.29. The maximum Gasteiger partial charge on any atom is 0.373 e. The first kappa shape index (κ1) is 14.0. The van der Waals surface area contributed by atoms with Crippen LogP contribution in [0.25, 0.3) is 0 Å². The van der Waals surface area contributed by atoms with Gasteiger partial charge in [-0.25, -0.2) is 9.37 Å². The van der Waals surface area contributed by atoms with Crippen molar-refractivity contribution in [1.29, 1.82) is 0 Å². The molecule has 0 aliphatic carbocycles. The summed E-state index contributed by atoms with van der Waals surface area (Å²) >= 11 is 0. The molecule has 16 heavy (non-hydrogen) atoms. The maximum atomic E-state index is 13.0. The second-order valence-electron chi connectivity index (χ2n) is 2.92. The molecule has 0 radical (unpaired) electrons. The molecule has 0 aromatic carbocycles. The summed E-state index contributed by atoms with van der Waals surface area (Å²) in [6.45, 7) is 3.86. The van der Waals surface area contributed by atoms with Gasteiger partial charge in [-0.3, -0.25) is 0 Å². The Kier molecular flexibility index (Phi) is 7.31. The van der Waals surface area contributed by atoms with Crippen molar-refractivity contribution in [2.75, 3.05) is 0 Å². The van der Waals surface area contributed by atoms with Crippen molar-refractivity contribution in [2.24, 2.45) is 0 Å². The van der Waals surface area contributed by atoms with E-state index in [2.05, 4.69) is 16.8 Å². The zero-order valence-corrected chi connectivity index (χ0v) is 9.21. The highest BCUT2D eigenvalue weighted by Gasteiger charge is 1.98. The third kappa shape index (κ3) is 5.69. The lowest BCUT2D eigenvalue weighted by molar-refractivity contribution is -0.191. The van der Waals surface area contributed by atoms with Crippen LogP contribution in [0.2, 0.25) is 0 Å². The topological polar surface area (TPSA) is 47.0 Å². The highest BCUT2D eigenvalue weighted by atomic mass is 19.1. The van der Waals surface area contributed by atoms with Gasteiger partial charge in [-0.15, -0.1) is 0 Å². The van der Waals surface area contributed by atoms with Crippen LogP contribution in [0, 0.1) is 24.6 Å². The van der Waals surface area contributed by atoms with E-state index in [1.807, 2.05) is 13.8 Å². The molecule has 0 fully saturated rings. The molecule has 0 N–H and O–H groups in total. The largest absolute Gasteiger partial charge is 0.373 e. The van der Waals surface area contributed by atoms with E-state index >= 15 is 0 Å². The fourth-order valence-electron chi connectivity index (χ4n) is 0.899. The van der Waals surface area contributed by atoms with E-state index in [1.165, 1.54) is 6.07 Å². The molecule has 1 rings (SSSR count). The Morgan fingerprint density at radius 1 is 1.38 bits per heavy atom. The highest BCUT2D eigenvalue weighted by Crippen LogP contribution is 2.03. The number of nitrogens with zero attached hydrogens (tertiary/aromatic N) is 1. The minimum Gasteiger partial charge on any atom is -0.242 e. The van der Waals surface area contributed by atoms with Crippen LogP contribution in [-0.4, -0.2) is 11.1 Å². The van der Waals surface area contributed by atoms with Gasteiger partial charge in [0.15, 0.2) is 5.82 Å². The van der Waals surface area contributed by atoms with Gasteiger partial charge in [-0.1, -0.05) is 12.8 Å². The molecule has 1 aromatic rings. The van der Waals surface area contributed by atoms with E-state index in [1.54, 1.807) is 6.07 Å². The normalized spacial score (nSPS) is 7.94. The van der Waals surface area contributed by atoms with Gasteiger partial charge in [-0.05, 0) is 31.4 Å². The van der Waals surface area contributed by atoms with Crippen LogP contribution >= 0.6 is 0 Å². The van der Waals surface area contributed by atoms with Gasteiger partial charge >= 0.3 is 6.15 Å². The molecule has 0 atom stereocenters. The van der Waals surface area contributed by atoms with Crippen molar-refractivity contribution in [3.63, 3.8) is 0 Å². The number of hydrogen-bond acceptors (Lipinski definition) is 3. The lowest BCUT2D eigenvalue weighted by atomic mass is 10.3. The molecule has 4 heteroatoms. The van der Waals surface area contributed by atoms with Crippen LogP contribution in [0.15, 0.2) is 12.1 Å². The minimum absolute atomic E-state index is 0.250. The van der Waals surface area contributed by atoms with Gasteiger partial charge in [0.1, 0.15) is 5.69 Å². The van der Waals surface area contributed by atoms with Crippen LogP contribution in [0.1, 0.15) is 31.2 Å². The maximum absolute atomic E-state index is 13.0. The Morgan fingerprint density at radius 3 is 2.56 bits per heavy atom. The van der Waals surface area contributed by atoms with Crippen molar-refractivity contribution >= 4 is 6.15 Å². The molecule has 3 nitrogen and oxygen atoms in total. The summed E-state index contributed by atoms with van der Waals surface area (Å²) in [5.41, 5.74) is 1.05. The number of unbranched alkanes of at least 4 members (excludes halogenated alkanes) is 1. The third-order valence-electron chi connectivity index (χ3n) is 1.57. The third-order valence-corrected chi connectivity index (χ3v) is 1.57. The van der Waals surface area contributed by atoms with E-state index < -0.39 is 0 Å². The summed E-state index contributed by atoms with van der Waals surface area (Å²) in [6, 6.07) is 3.04. The van der Waals surface area contributed by atoms with Gasteiger partial charge < -0.3 is 0 Å². The number of halogens is 1. The molecule has 0 unspecified atom stereocenters. The molecule has 84 valence electrons. The number of aromatic nitrogens is 1. The number of pyridine rings is 1. The Morgan fingerprint density at radius 2 is 2.00 bits per heavy atom. The molecule has 1 heterocycles. The van der Waals surface area contributed by atoms with Crippen molar-refractivity contribution in [3.8, 4) is 11.8 Å². The second-order valence-corrected chi connectivity index (χ2v) is 2.92. The number of hydrogen-bond donors (Lipinski definition) is 0. The van der Waals surface area contributed by atoms with Gasteiger partial charge in [0.25, 0.3) is 0 Å². The molecule has 0 saturated heterocycles. The van der Waals surface area contributed by atoms with E-state index in [-0.39, 0.29) is 17.7 Å². The first-order chi connectivity index (χ1) is 7.65.